The maximum absolute atomic E-state index is 12.8. The van der Waals surface area contributed by atoms with E-state index in [1.165, 1.54) is 25.9 Å². The van der Waals surface area contributed by atoms with Gasteiger partial charge in [-0.25, -0.2) is 0 Å². The number of rotatable bonds is 5. The summed E-state index contributed by atoms with van der Waals surface area (Å²) in [6, 6.07) is 7.97. The van der Waals surface area contributed by atoms with Crippen LogP contribution in [0.25, 0.3) is 0 Å². The molecule has 1 aromatic rings. The van der Waals surface area contributed by atoms with Crippen LogP contribution < -0.4 is 4.74 Å². The molecule has 4 nitrogen and oxygen atoms in total. The van der Waals surface area contributed by atoms with Crippen molar-refractivity contribution in [3.63, 3.8) is 0 Å². The molecule has 0 spiro atoms. The summed E-state index contributed by atoms with van der Waals surface area (Å²) < 4.78 is 5.65. The van der Waals surface area contributed by atoms with Crippen LogP contribution in [0.5, 0.6) is 5.75 Å². The van der Waals surface area contributed by atoms with Crippen LogP contribution in [0, 0.1) is 0 Å². The summed E-state index contributed by atoms with van der Waals surface area (Å²) in [6.45, 7) is 8.33. The van der Waals surface area contributed by atoms with Crippen molar-refractivity contribution < 1.29 is 9.53 Å². The average Bonchev–Trinajstić information content (AvgIpc) is 3.19. The molecule has 0 saturated carbocycles. The van der Waals surface area contributed by atoms with Gasteiger partial charge in [0.1, 0.15) is 5.75 Å². The third kappa shape index (κ3) is 4.05. The van der Waals surface area contributed by atoms with Gasteiger partial charge in [0.15, 0.2) is 0 Å². The maximum Gasteiger partial charge on any atom is 0.254 e. The molecule has 2 aliphatic heterocycles. The number of hydrogen-bond acceptors (Lipinski definition) is 3. The molecular formula is C19H28N2O2. The van der Waals surface area contributed by atoms with Crippen LogP contribution in [-0.4, -0.2) is 54.0 Å². The fraction of sp³-hybridized carbons (Fsp3) is 0.632. The third-order valence-corrected chi connectivity index (χ3v) is 4.78. The van der Waals surface area contributed by atoms with Gasteiger partial charge >= 0.3 is 0 Å². The number of carbonyl (C=O) groups is 1. The van der Waals surface area contributed by atoms with E-state index in [1.807, 2.05) is 38.1 Å². The van der Waals surface area contributed by atoms with E-state index in [0.717, 1.165) is 37.2 Å². The second-order valence-corrected chi connectivity index (χ2v) is 6.99. The van der Waals surface area contributed by atoms with Crippen molar-refractivity contribution in [2.75, 3.05) is 26.2 Å². The fourth-order valence-electron chi connectivity index (χ4n) is 3.67. The molecule has 3 rings (SSSR count). The van der Waals surface area contributed by atoms with Crippen molar-refractivity contribution in [1.82, 2.24) is 9.80 Å². The molecule has 0 aliphatic carbocycles. The Kier molecular flexibility index (Phi) is 5.21. The molecule has 126 valence electrons. The van der Waals surface area contributed by atoms with Crippen molar-refractivity contribution in [3.8, 4) is 5.75 Å². The van der Waals surface area contributed by atoms with Gasteiger partial charge < -0.3 is 14.5 Å². The van der Waals surface area contributed by atoms with Crippen LogP contribution in [-0.2, 0) is 0 Å². The summed E-state index contributed by atoms with van der Waals surface area (Å²) in [6.07, 6.45) is 5.02. The zero-order chi connectivity index (χ0) is 16.2. The largest absolute Gasteiger partial charge is 0.491 e. The van der Waals surface area contributed by atoms with Crippen LogP contribution in [0.3, 0.4) is 0 Å². The lowest BCUT2D eigenvalue weighted by atomic mass is 10.1. The van der Waals surface area contributed by atoms with E-state index >= 15 is 0 Å². The Balaban J connectivity index is 1.63. The van der Waals surface area contributed by atoms with Gasteiger partial charge in [-0.05, 0) is 76.9 Å². The third-order valence-electron chi connectivity index (χ3n) is 4.78. The lowest BCUT2D eigenvalue weighted by molar-refractivity contribution is 0.0708. The zero-order valence-electron chi connectivity index (χ0n) is 14.3. The highest BCUT2D eigenvalue weighted by molar-refractivity contribution is 5.94. The lowest BCUT2D eigenvalue weighted by Crippen LogP contribution is -2.42. The summed E-state index contributed by atoms with van der Waals surface area (Å²) in [7, 11) is 0. The van der Waals surface area contributed by atoms with Gasteiger partial charge in [-0.15, -0.1) is 0 Å². The van der Waals surface area contributed by atoms with Crippen LogP contribution in [0.1, 0.15) is 49.9 Å². The molecule has 2 aliphatic rings. The Morgan fingerprint density at radius 3 is 2.48 bits per heavy atom. The van der Waals surface area contributed by atoms with Crippen LogP contribution in [0.15, 0.2) is 24.3 Å². The Morgan fingerprint density at radius 1 is 1.13 bits per heavy atom. The standard InChI is InChI=1S/C19H28N2O2/c1-15(2)23-18-9-7-16(8-10-18)19(22)21-13-5-6-17(21)14-20-11-3-4-12-20/h7-10,15,17H,3-6,11-14H2,1-2H3. The molecule has 23 heavy (non-hydrogen) atoms. The molecule has 2 heterocycles. The van der Waals surface area contributed by atoms with Crippen molar-refractivity contribution in [2.24, 2.45) is 0 Å². The monoisotopic (exact) mass is 316 g/mol. The molecule has 0 radical (unpaired) electrons. The number of likely N-dealkylation sites (tertiary alicyclic amines) is 2. The van der Waals surface area contributed by atoms with Gasteiger partial charge in [0, 0.05) is 24.7 Å². The molecule has 1 amide bonds. The molecule has 2 fully saturated rings. The van der Waals surface area contributed by atoms with E-state index in [9.17, 15) is 4.79 Å². The summed E-state index contributed by atoms with van der Waals surface area (Å²) in [5, 5.41) is 0. The minimum atomic E-state index is 0.153. The molecule has 0 N–H and O–H groups in total. The van der Waals surface area contributed by atoms with Gasteiger partial charge in [0.25, 0.3) is 5.91 Å². The predicted molar refractivity (Wildman–Crippen MR) is 91.9 cm³/mol. The maximum atomic E-state index is 12.8. The Bertz CT molecular complexity index is 521. The highest BCUT2D eigenvalue weighted by Gasteiger charge is 2.31. The molecule has 1 unspecified atom stereocenters. The van der Waals surface area contributed by atoms with Gasteiger partial charge in [-0.1, -0.05) is 0 Å². The van der Waals surface area contributed by atoms with Crippen molar-refractivity contribution in [1.29, 1.82) is 0 Å². The topological polar surface area (TPSA) is 32.8 Å². The van der Waals surface area contributed by atoms with Crippen molar-refractivity contribution in [3.05, 3.63) is 29.8 Å². The zero-order valence-corrected chi connectivity index (χ0v) is 14.3. The molecule has 4 heteroatoms. The summed E-state index contributed by atoms with van der Waals surface area (Å²) in [5.74, 6) is 0.995. The van der Waals surface area contributed by atoms with Gasteiger partial charge in [-0.3, -0.25) is 4.79 Å². The first kappa shape index (κ1) is 16.3. The van der Waals surface area contributed by atoms with Crippen LogP contribution >= 0.6 is 0 Å². The normalized spacial score (nSPS) is 22.0. The number of amides is 1. The van der Waals surface area contributed by atoms with E-state index in [1.54, 1.807) is 0 Å². The Labute approximate surface area is 139 Å². The molecule has 0 bridgehead atoms. The highest BCUT2D eigenvalue weighted by atomic mass is 16.5. The van der Waals surface area contributed by atoms with Gasteiger partial charge in [-0.2, -0.15) is 0 Å². The van der Waals surface area contributed by atoms with Crippen LogP contribution in [0.2, 0.25) is 0 Å². The van der Waals surface area contributed by atoms with Crippen molar-refractivity contribution in [2.45, 2.75) is 51.7 Å². The first-order valence-corrected chi connectivity index (χ1v) is 8.93. The molecular weight excluding hydrogens is 288 g/mol. The number of ether oxygens (including phenoxy) is 1. The Hall–Kier alpha value is -1.55. The lowest BCUT2D eigenvalue weighted by Gasteiger charge is -2.28. The summed E-state index contributed by atoms with van der Waals surface area (Å²) in [5.41, 5.74) is 0.773. The minimum Gasteiger partial charge on any atom is -0.491 e. The average molecular weight is 316 g/mol. The Morgan fingerprint density at radius 2 is 1.83 bits per heavy atom. The van der Waals surface area contributed by atoms with E-state index in [4.69, 9.17) is 4.74 Å². The van der Waals surface area contributed by atoms with Crippen molar-refractivity contribution >= 4 is 5.91 Å². The number of hydrogen-bond donors (Lipinski definition) is 0. The van der Waals surface area contributed by atoms with Gasteiger partial charge in [0.2, 0.25) is 0 Å². The summed E-state index contributed by atoms with van der Waals surface area (Å²) in [4.78, 5) is 17.4. The van der Waals surface area contributed by atoms with Gasteiger partial charge in [0.05, 0.1) is 6.10 Å². The van der Waals surface area contributed by atoms with E-state index in [2.05, 4.69) is 9.80 Å². The minimum absolute atomic E-state index is 0.153. The number of carbonyl (C=O) groups excluding carboxylic acids is 1. The molecule has 2 saturated heterocycles. The number of nitrogens with zero attached hydrogens (tertiary/aromatic N) is 2. The van der Waals surface area contributed by atoms with E-state index in [0.29, 0.717) is 6.04 Å². The first-order valence-electron chi connectivity index (χ1n) is 8.93. The number of benzene rings is 1. The highest BCUT2D eigenvalue weighted by Crippen LogP contribution is 2.23. The second-order valence-electron chi connectivity index (χ2n) is 6.99. The predicted octanol–water partition coefficient (Wildman–Crippen LogP) is 3.17. The molecule has 0 aromatic heterocycles. The quantitative estimate of drug-likeness (QED) is 0.836. The van der Waals surface area contributed by atoms with Crippen LogP contribution in [0.4, 0.5) is 0 Å². The SMILES string of the molecule is CC(C)Oc1ccc(C(=O)N2CCCC2CN2CCCC2)cc1. The molecule has 1 atom stereocenters. The van der Waals surface area contributed by atoms with E-state index in [-0.39, 0.29) is 12.0 Å². The molecule has 1 aromatic carbocycles. The smallest absolute Gasteiger partial charge is 0.254 e. The second kappa shape index (κ2) is 7.35. The summed E-state index contributed by atoms with van der Waals surface area (Å²) >= 11 is 0. The fourth-order valence-corrected chi connectivity index (χ4v) is 3.67. The van der Waals surface area contributed by atoms with E-state index < -0.39 is 0 Å². The first-order chi connectivity index (χ1) is 11.1.